The Kier molecular flexibility index (Phi) is 4.28. The molecule has 2 unspecified atom stereocenters. The molecule has 5 nitrogen and oxygen atoms in total. The molecule has 2 atom stereocenters. The minimum absolute atomic E-state index is 0.000781. The summed E-state index contributed by atoms with van der Waals surface area (Å²) in [6.45, 7) is 5.76. The standard InChI is InChI=1S/C18H25N3O2/c1-13-11-19(3)16-8-5-4-7-15(16)12-21(13)18(23)17-9-6-10-20(17)14(2)22/h4-5,7-8,13,17H,6,9-12H2,1-3H3. The quantitative estimate of drug-likeness (QED) is 0.794. The molecule has 1 fully saturated rings. The Morgan fingerprint density at radius 2 is 1.91 bits per heavy atom. The first-order valence-corrected chi connectivity index (χ1v) is 8.35. The van der Waals surface area contributed by atoms with Gasteiger partial charge >= 0.3 is 0 Å². The molecule has 0 N–H and O–H groups in total. The van der Waals surface area contributed by atoms with Crippen molar-refractivity contribution in [2.75, 3.05) is 25.0 Å². The summed E-state index contributed by atoms with van der Waals surface area (Å²) in [5.74, 6) is 0.0937. The van der Waals surface area contributed by atoms with Crippen molar-refractivity contribution in [2.24, 2.45) is 0 Å². The maximum Gasteiger partial charge on any atom is 0.245 e. The zero-order valence-electron chi connectivity index (χ0n) is 14.2. The molecule has 0 radical (unpaired) electrons. The molecule has 124 valence electrons. The van der Waals surface area contributed by atoms with E-state index in [1.807, 2.05) is 17.0 Å². The van der Waals surface area contributed by atoms with Crippen molar-refractivity contribution >= 4 is 17.5 Å². The van der Waals surface area contributed by atoms with Gasteiger partial charge in [-0.25, -0.2) is 0 Å². The summed E-state index contributed by atoms with van der Waals surface area (Å²) in [5.41, 5.74) is 2.35. The summed E-state index contributed by atoms with van der Waals surface area (Å²) in [6, 6.07) is 8.07. The zero-order chi connectivity index (χ0) is 16.6. The Balaban J connectivity index is 1.87. The van der Waals surface area contributed by atoms with Crippen molar-refractivity contribution < 1.29 is 9.59 Å². The maximum absolute atomic E-state index is 13.1. The Labute approximate surface area is 137 Å². The lowest BCUT2D eigenvalue weighted by molar-refractivity contribution is -0.144. The number of carbonyl (C=O) groups is 2. The van der Waals surface area contributed by atoms with Gasteiger partial charge in [-0.2, -0.15) is 0 Å². The van der Waals surface area contributed by atoms with Crippen LogP contribution in [0.25, 0.3) is 0 Å². The summed E-state index contributed by atoms with van der Waals surface area (Å²) in [6.07, 6.45) is 1.69. The molecule has 1 aromatic carbocycles. The molecule has 0 aliphatic carbocycles. The van der Waals surface area contributed by atoms with Crippen LogP contribution in [0.15, 0.2) is 24.3 Å². The monoisotopic (exact) mass is 315 g/mol. The molecule has 23 heavy (non-hydrogen) atoms. The van der Waals surface area contributed by atoms with Gasteiger partial charge in [0.1, 0.15) is 6.04 Å². The molecule has 3 rings (SSSR count). The Hall–Kier alpha value is -2.04. The molecular formula is C18H25N3O2. The van der Waals surface area contributed by atoms with E-state index in [1.54, 1.807) is 11.8 Å². The molecular weight excluding hydrogens is 290 g/mol. The zero-order valence-corrected chi connectivity index (χ0v) is 14.2. The van der Waals surface area contributed by atoms with Crippen LogP contribution in [0.2, 0.25) is 0 Å². The number of hydrogen-bond donors (Lipinski definition) is 0. The normalized spacial score (nSPS) is 24.4. The van der Waals surface area contributed by atoms with Gasteiger partial charge in [-0.15, -0.1) is 0 Å². The van der Waals surface area contributed by atoms with E-state index in [1.165, 1.54) is 11.3 Å². The van der Waals surface area contributed by atoms with Gasteiger partial charge in [-0.3, -0.25) is 9.59 Å². The molecule has 1 aromatic rings. The molecule has 0 saturated carbocycles. The first-order valence-electron chi connectivity index (χ1n) is 8.35. The molecule has 0 aromatic heterocycles. The van der Waals surface area contributed by atoms with E-state index >= 15 is 0 Å². The van der Waals surface area contributed by atoms with E-state index in [4.69, 9.17) is 0 Å². The van der Waals surface area contributed by atoms with Gasteiger partial charge in [0.25, 0.3) is 0 Å². The van der Waals surface area contributed by atoms with Crippen LogP contribution < -0.4 is 4.90 Å². The summed E-state index contributed by atoms with van der Waals surface area (Å²) in [5, 5.41) is 0. The van der Waals surface area contributed by atoms with E-state index in [-0.39, 0.29) is 23.9 Å². The number of rotatable bonds is 1. The van der Waals surface area contributed by atoms with Crippen molar-refractivity contribution in [2.45, 2.75) is 45.3 Å². The number of para-hydroxylation sites is 1. The molecule has 1 saturated heterocycles. The molecule has 2 aliphatic rings. The minimum atomic E-state index is -0.287. The first-order chi connectivity index (χ1) is 11.0. The number of fused-ring (bicyclic) bond motifs is 1. The van der Waals surface area contributed by atoms with Crippen LogP contribution in [0.1, 0.15) is 32.3 Å². The number of benzene rings is 1. The predicted octanol–water partition coefficient (Wildman–Crippen LogP) is 1.86. The van der Waals surface area contributed by atoms with E-state index in [0.29, 0.717) is 13.1 Å². The van der Waals surface area contributed by atoms with Crippen LogP contribution >= 0.6 is 0 Å². The van der Waals surface area contributed by atoms with Gasteiger partial charge in [-0.05, 0) is 31.4 Å². The topological polar surface area (TPSA) is 43.9 Å². The third-order valence-corrected chi connectivity index (χ3v) is 5.04. The lowest BCUT2D eigenvalue weighted by Crippen LogP contribution is -2.51. The lowest BCUT2D eigenvalue weighted by atomic mass is 10.1. The van der Waals surface area contributed by atoms with Crippen molar-refractivity contribution in [1.29, 1.82) is 0 Å². The molecule has 2 heterocycles. The largest absolute Gasteiger partial charge is 0.372 e. The second kappa shape index (κ2) is 6.22. The molecule has 0 spiro atoms. The van der Waals surface area contributed by atoms with Crippen LogP contribution in [0.3, 0.4) is 0 Å². The average molecular weight is 315 g/mol. The summed E-state index contributed by atoms with van der Waals surface area (Å²) in [7, 11) is 2.07. The number of nitrogens with zero attached hydrogens (tertiary/aromatic N) is 3. The fourth-order valence-electron chi connectivity index (χ4n) is 3.84. The average Bonchev–Trinajstić information content (AvgIpc) is 2.97. The Morgan fingerprint density at radius 3 is 2.65 bits per heavy atom. The molecule has 5 heteroatoms. The van der Waals surface area contributed by atoms with Crippen LogP contribution in [0.5, 0.6) is 0 Å². The number of anilines is 1. The Bertz CT molecular complexity index is 616. The van der Waals surface area contributed by atoms with Crippen molar-refractivity contribution in [3.63, 3.8) is 0 Å². The number of likely N-dealkylation sites (tertiary alicyclic amines) is 1. The second-order valence-electron chi connectivity index (χ2n) is 6.69. The fourth-order valence-corrected chi connectivity index (χ4v) is 3.84. The number of likely N-dealkylation sites (N-methyl/N-ethyl adjacent to an activating group) is 1. The summed E-state index contributed by atoms with van der Waals surface area (Å²) < 4.78 is 0. The SMILES string of the molecule is CC(=O)N1CCCC1C(=O)N1Cc2ccccc2N(C)CC1C. The summed E-state index contributed by atoms with van der Waals surface area (Å²) >= 11 is 0. The van der Waals surface area contributed by atoms with Crippen LogP contribution in [-0.2, 0) is 16.1 Å². The van der Waals surface area contributed by atoms with Gasteiger partial charge < -0.3 is 14.7 Å². The van der Waals surface area contributed by atoms with E-state index < -0.39 is 0 Å². The molecule has 0 bridgehead atoms. The number of amides is 2. The molecule has 2 amide bonds. The highest BCUT2D eigenvalue weighted by atomic mass is 16.2. The lowest BCUT2D eigenvalue weighted by Gasteiger charge is -2.33. The number of hydrogen-bond acceptors (Lipinski definition) is 3. The van der Waals surface area contributed by atoms with Crippen LogP contribution in [0, 0.1) is 0 Å². The fraction of sp³-hybridized carbons (Fsp3) is 0.556. The highest BCUT2D eigenvalue weighted by Crippen LogP contribution is 2.28. The van der Waals surface area contributed by atoms with Gasteiger partial charge in [0.15, 0.2) is 0 Å². The van der Waals surface area contributed by atoms with E-state index in [0.717, 1.165) is 19.4 Å². The Morgan fingerprint density at radius 1 is 1.17 bits per heavy atom. The highest BCUT2D eigenvalue weighted by molar-refractivity contribution is 5.88. The third kappa shape index (κ3) is 2.92. The van der Waals surface area contributed by atoms with E-state index in [9.17, 15) is 9.59 Å². The van der Waals surface area contributed by atoms with Crippen molar-refractivity contribution in [1.82, 2.24) is 9.80 Å². The second-order valence-corrected chi connectivity index (χ2v) is 6.69. The van der Waals surface area contributed by atoms with Gasteiger partial charge in [-0.1, -0.05) is 18.2 Å². The number of carbonyl (C=O) groups excluding carboxylic acids is 2. The third-order valence-electron chi connectivity index (χ3n) is 5.04. The van der Waals surface area contributed by atoms with Crippen LogP contribution in [0.4, 0.5) is 5.69 Å². The molecule has 2 aliphatic heterocycles. The van der Waals surface area contributed by atoms with Gasteiger partial charge in [0.2, 0.25) is 11.8 Å². The maximum atomic E-state index is 13.1. The predicted molar refractivity (Wildman–Crippen MR) is 90.1 cm³/mol. The van der Waals surface area contributed by atoms with Crippen molar-refractivity contribution in [3.8, 4) is 0 Å². The van der Waals surface area contributed by atoms with Crippen molar-refractivity contribution in [3.05, 3.63) is 29.8 Å². The summed E-state index contributed by atoms with van der Waals surface area (Å²) in [4.78, 5) is 30.8. The highest BCUT2D eigenvalue weighted by Gasteiger charge is 2.37. The first kappa shape index (κ1) is 15.8. The smallest absolute Gasteiger partial charge is 0.245 e. The van der Waals surface area contributed by atoms with Gasteiger partial charge in [0, 0.05) is 45.3 Å². The minimum Gasteiger partial charge on any atom is -0.372 e. The van der Waals surface area contributed by atoms with E-state index in [2.05, 4.69) is 31.0 Å². The van der Waals surface area contributed by atoms with Gasteiger partial charge in [0.05, 0.1) is 0 Å². The van der Waals surface area contributed by atoms with Crippen LogP contribution in [-0.4, -0.2) is 53.8 Å².